The second-order valence-corrected chi connectivity index (χ2v) is 7.63. The summed E-state index contributed by atoms with van der Waals surface area (Å²) in [6.45, 7) is 4.07. The zero-order chi connectivity index (χ0) is 19.1. The fourth-order valence-corrected chi connectivity index (χ4v) is 4.42. The van der Waals surface area contributed by atoms with Crippen LogP contribution in [0.2, 0.25) is 5.02 Å². The zero-order valence-electron chi connectivity index (χ0n) is 15.7. The molecule has 0 aliphatic carbocycles. The number of piperidine rings is 1. The number of hydrogen-bond donors (Lipinski definition) is 1. The van der Waals surface area contributed by atoms with Gasteiger partial charge in [-0.15, -0.1) is 5.10 Å². The van der Waals surface area contributed by atoms with Crippen LogP contribution in [0.15, 0.2) is 42.5 Å². The number of H-pyrrole nitrogens is 1. The van der Waals surface area contributed by atoms with Gasteiger partial charge in [-0.3, -0.25) is 0 Å². The van der Waals surface area contributed by atoms with Crippen LogP contribution in [-0.2, 0) is 0 Å². The number of tetrazole rings is 1. The first-order valence-electron chi connectivity index (χ1n) is 9.63. The lowest BCUT2D eigenvalue weighted by molar-refractivity contribution is 0.579. The summed E-state index contributed by atoms with van der Waals surface area (Å²) >= 11 is 6.88. The number of aryl methyl sites for hydroxylation is 1. The minimum absolute atomic E-state index is 0.648. The molecule has 1 saturated heterocycles. The highest BCUT2D eigenvalue weighted by Gasteiger charge is 2.28. The fourth-order valence-electron chi connectivity index (χ4n) is 4.17. The lowest BCUT2D eigenvalue weighted by atomic mass is 10.1. The molecule has 0 bridgehead atoms. The van der Waals surface area contributed by atoms with Gasteiger partial charge in [0.05, 0.1) is 16.2 Å². The van der Waals surface area contributed by atoms with Crippen LogP contribution in [0.1, 0.15) is 24.8 Å². The van der Waals surface area contributed by atoms with Crippen LogP contribution in [0, 0.1) is 6.92 Å². The standard InChI is InChI=1S/C21H21ClN6/c1-14-10-11-16-17(18(14)22)19(27-12-6-3-7-13-27)20(21-23-25-26-24-21)28(16)15-8-4-2-5-9-15/h2,4-5,8-11H,3,6-7,12-13H2,1H3,(H,23,24,25,26). The summed E-state index contributed by atoms with van der Waals surface area (Å²) in [6.07, 6.45) is 3.62. The molecule has 0 atom stereocenters. The van der Waals surface area contributed by atoms with Crippen molar-refractivity contribution in [3.63, 3.8) is 0 Å². The van der Waals surface area contributed by atoms with E-state index < -0.39 is 0 Å². The van der Waals surface area contributed by atoms with Gasteiger partial charge in [0.15, 0.2) is 5.82 Å². The maximum Gasteiger partial charge on any atom is 0.198 e. The third-order valence-electron chi connectivity index (χ3n) is 5.49. The van der Waals surface area contributed by atoms with Crippen LogP contribution >= 0.6 is 11.6 Å². The van der Waals surface area contributed by atoms with E-state index in [9.17, 15) is 0 Å². The van der Waals surface area contributed by atoms with E-state index in [2.05, 4.69) is 61.3 Å². The zero-order valence-corrected chi connectivity index (χ0v) is 16.4. The predicted molar refractivity (Wildman–Crippen MR) is 112 cm³/mol. The average Bonchev–Trinajstić information content (AvgIpc) is 3.38. The molecule has 1 N–H and O–H groups in total. The fraction of sp³-hybridized carbons (Fsp3) is 0.286. The lowest BCUT2D eigenvalue weighted by Crippen LogP contribution is -2.29. The number of aromatic amines is 1. The molecule has 3 heterocycles. The quantitative estimate of drug-likeness (QED) is 0.545. The van der Waals surface area contributed by atoms with Crippen molar-refractivity contribution >= 4 is 28.2 Å². The van der Waals surface area contributed by atoms with Crippen molar-refractivity contribution in [2.75, 3.05) is 18.0 Å². The van der Waals surface area contributed by atoms with Crippen molar-refractivity contribution in [1.82, 2.24) is 25.2 Å². The predicted octanol–water partition coefficient (Wildman–Crippen LogP) is 4.76. The van der Waals surface area contributed by atoms with Gasteiger partial charge in [0.2, 0.25) is 0 Å². The number of benzene rings is 2. The van der Waals surface area contributed by atoms with Crippen molar-refractivity contribution in [2.24, 2.45) is 0 Å². The highest BCUT2D eigenvalue weighted by atomic mass is 35.5. The maximum atomic E-state index is 6.88. The molecule has 0 radical (unpaired) electrons. The van der Waals surface area contributed by atoms with Crippen LogP contribution in [-0.4, -0.2) is 38.3 Å². The van der Waals surface area contributed by atoms with Crippen LogP contribution in [0.3, 0.4) is 0 Å². The van der Waals surface area contributed by atoms with Crippen LogP contribution in [0.4, 0.5) is 5.69 Å². The summed E-state index contributed by atoms with van der Waals surface area (Å²) in [4.78, 5) is 2.44. The molecular formula is C21H21ClN6. The third-order valence-corrected chi connectivity index (χ3v) is 5.98. The molecule has 7 heteroatoms. The molecular weight excluding hydrogens is 372 g/mol. The second kappa shape index (κ2) is 6.95. The maximum absolute atomic E-state index is 6.88. The monoisotopic (exact) mass is 392 g/mol. The lowest BCUT2D eigenvalue weighted by Gasteiger charge is -2.29. The minimum atomic E-state index is 0.648. The van der Waals surface area contributed by atoms with Gasteiger partial charge in [0, 0.05) is 24.2 Å². The van der Waals surface area contributed by atoms with E-state index in [1.807, 2.05) is 18.2 Å². The Morgan fingerprint density at radius 2 is 1.79 bits per heavy atom. The Kier molecular flexibility index (Phi) is 4.28. The van der Waals surface area contributed by atoms with Gasteiger partial charge in [0.25, 0.3) is 0 Å². The average molecular weight is 393 g/mol. The second-order valence-electron chi connectivity index (χ2n) is 7.26. The number of halogens is 1. The first-order chi connectivity index (χ1) is 13.8. The Bertz CT molecular complexity index is 1110. The summed E-state index contributed by atoms with van der Waals surface area (Å²) in [6, 6.07) is 14.5. The van der Waals surface area contributed by atoms with Gasteiger partial charge in [0.1, 0.15) is 5.69 Å². The molecule has 6 nitrogen and oxygen atoms in total. The molecule has 2 aromatic carbocycles. The van der Waals surface area contributed by atoms with Gasteiger partial charge in [-0.2, -0.15) is 0 Å². The molecule has 28 heavy (non-hydrogen) atoms. The summed E-state index contributed by atoms with van der Waals surface area (Å²) < 4.78 is 2.22. The number of aromatic nitrogens is 5. The molecule has 2 aromatic heterocycles. The number of anilines is 1. The molecule has 0 amide bonds. The Morgan fingerprint density at radius 3 is 2.50 bits per heavy atom. The van der Waals surface area contributed by atoms with Gasteiger partial charge < -0.3 is 9.47 Å². The van der Waals surface area contributed by atoms with Crippen molar-refractivity contribution in [3.8, 4) is 17.2 Å². The van der Waals surface area contributed by atoms with Crippen molar-refractivity contribution < 1.29 is 0 Å². The summed E-state index contributed by atoms with van der Waals surface area (Å²) in [5.74, 6) is 0.648. The number of rotatable bonds is 3. The third kappa shape index (κ3) is 2.67. The first kappa shape index (κ1) is 17.3. The van der Waals surface area contributed by atoms with E-state index >= 15 is 0 Å². The van der Waals surface area contributed by atoms with Crippen LogP contribution in [0.5, 0.6) is 0 Å². The molecule has 1 fully saturated rings. The Labute approximate surface area is 168 Å². The molecule has 5 rings (SSSR count). The highest BCUT2D eigenvalue weighted by molar-refractivity contribution is 6.38. The Balaban J connectivity index is 1.92. The Hall–Kier alpha value is -2.86. The van der Waals surface area contributed by atoms with Gasteiger partial charge in [-0.25, -0.2) is 5.10 Å². The normalized spacial score (nSPS) is 14.7. The molecule has 4 aromatic rings. The summed E-state index contributed by atoms with van der Waals surface area (Å²) in [7, 11) is 0. The van der Waals surface area contributed by atoms with E-state index in [0.29, 0.717) is 5.82 Å². The van der Waals surface area contributed by atoms with Gasteiger partial charge >= 0.3 is 0 Å². The molecule has 142 valence electrons. The van der Waals surface area contributed by atoms with Crippen molar-refractivity contribution in [2.45, 2.75) is 26.2 Å². The van der Waals surface area contributed by atoms with E-state index in [-0.39, 0.29) is 0 Å². The largest absolute Gasteiger partial charge is 0.369 e. The van der Waals surface area contributed by atoms with E-state index in [4.69, 9.17) is 11.6 Å². The number of fused-ring (bicyclic) bond motifs is 1. The molecule has 1 aliphatic rings. The number of para-hydroxylation sites is 1. The van der Waals surface area contributed by atoms with Gasteiger partial charge in [-0.05, 0) is 60.4 Å². The molecule has 0 saturated carbocycles. The van der Waals surface area contributed by atoms with Crippen molar-refractivity contribution in [3.05, 3.63) is 53.1 Å². The topological polar surface area (TPSA) is 62.6 Å². The van der Waals surface area contributed by atoms with Crippen LogP contribution in [0.25, 0.3) is 28.1 Å². The van der Waals surface area contributed by atoms with E-state index in [1.165, 1.54) is 19.3 Å². The molecule has 0 unspecified atom stereocenters. The van der Waals surface area contributed by atoms with E-state index in [1.54, 1.807) is 0 Å². The Morgan fingerprint density at radius 1 is 1.00 bits per heavy atom. The summed E-state index contributed by atoms with van der Waals surface area (Å²) in [5.41, 5.74) is 5.27. The van der Waals surface area contributed by atoms with Gasteiger partial charge in [-0.1, -0.05) is 35.9 Å². The molecule has 1 aliphatic heterocycles. The first-order valence-corrected chi connectivity index (χ1v) is 10.0. The minimum Gasteiger partial charge on any atom is -0.369 e. The van der Waals surface area contributed by atoms with E-state index in [0.717, 1.165) is 51.6 Å². The summed E-state index contributed by atoms with van der Waals surface area (Å²) in [5, 5.41) is 16.8. The highest BCUT2D eigenvalue weighted by Crippen LogP contribution is 2.45. The van der Waals surface area contributed by atoms with Crippen molar-refractivity contribution in [1.29, 1.82) is 0 Å². The number of nitrogens with one attached hydrogen (secondary N) is 1. The number of hydrogen-bond acceptors (Lipinski definition) is 4. The molecule has 0 spiro atoms. The SMILES string of the molecule is Cc1ccc2c(c1Cl)c(N1CCCCC1)c(-c1nnn[nH]1)n2-c1ccccc1. The number of nitrogens with zero attached hydrogens (tertiary/aromatic N) is 5. The van der Waals surface area contributed by atoms with Crippen LogP contribution < -0.4 is 4.90 Å². The smallest absolute Gasteiger partial charge is 0.198 e.